The summed E-state index contributed by atoms with van der Waals surface area (Å²) in [5.74, 6) is -1.05. The van der Waals surface area contributed by atoms with Crippen molar-refractivity contribution in [3.63, 3.8) is 0 Å². The molecule has 1 saturated heterocycles. The number of rotatable bonds is 10. The normalized spacial score (nSPS) is 16.4. The monoisotopic (exact) mass is 668 g/mol. The topological polar surface area (TPSA) is 152 Å². The van der Waals surface area contributed by atoms with Gasteiger partial charge in [-0.1, -0.05) is 12.1 Å². The number of sulfone groups is 1. The van der Waals surface area contributed by atoms with Crippen LogP contribution >= 0.6 is 0 Å². The summed E-state index contributed by atoms with van der Waals surface area (Å²) in [6, 6.07) is 10.5. The van der Waals surface area contributed by atoms with Crippen molar-refractivity contribution in [1.82, 2.24) is 10.2 Å². The van der Waals surface area contributed by atoms with E-state index in [1.54, 1.807) is 49.1 Å². The number of nitrogens with one attached hydrogen (secondary N) is 3. The maximum Gasteiger partial charge on any atom is 0.411 e. The van der Waals surface area contributed by atoms with Gasteiger partial charge in [-0.2, -0.15) is 0 Å². The lowest BCUT2D eigenvalue weighted by Crippen LogP contribution is -2.38. The second-order valence-electron chi connectivity index (χ2n) is 11.5. The Hall–Kier alpha value is -4.85. The van der Waals surface area contributed by atoms with Crippen molar-refractivity contribution >= 4 is 39.1 Å². The highest BCUT2D eigenvalue weighted by Gasteiger charge is 2.39. The molecular formula is C33H37FN4O8S. The molecule has 3 N–H and O–H groups in total. The van der Waals surface area contributed by atoms with Crippen LogP contribution < -0.4 is 25.4 Å². The lowest BCUT2D eigenvalue weighted by Gasteiger charge is -2.32. The van der Waals surface area contributed by atoms with Crippen LogP contribution in [0, 0.1) is 5.82 Å². The van der Waals surface area contributed by atoms with Gasteiger partial charge in [0.05, 0.1) is 48.8 Å². The quantitative estimate of drug-likeness (QED) is 0.272. The van der Waals surface area contributed by atoms with Gasteiger partial charge < -0.3 is 29.7 Å². The number of hydrogen-bond donors (Lipinski definition) is 3. The first-order valence-corrected chi connectivity index (χ1v) is 16.6. The van der Waals surface area contributed by atoms with Crippen LogP contribution in [-0.4, -0.2) is 64.3 Å². The Bertz CT molecular complexity index is 1830. The zero-order valence-electron chi connectivity index (χ0n) is 26.7. The minimum atomic E-state index is -3.81. The number of carbonyl (C=O) groups is 3. The Kier molecular flexibility index (Phi) is 9.61. The molecule has 0 aliphatic carbocycles. The molecule has 250 valence electrons. The fourth-order valence-corrected chi connectivity index (χ4v) is 7.24. The molecule has 3 aromatic rings. The average Bonchev–Trinajstić information content (AvgIpc) is 3.71. The number of hydrogen-bond acceptors (Lipinski definition) is 9. The van der Waals surface area contributed by atoms with E-state index in [4.69, 9.17) is 14.2 Å². The maximum atomic E-state index is 15.8. The summed E-state index contributed by atoms with van der Waals surface area (Å²) in [6.45, 7) is 3.61. The Balaban J connectivity index is 1.61. The van der Waals surface area contributed by atoms with Crippen molar-refractivity contribution in [2.24, 2.45) is 0 Å². The number of nitrogens with zero attached hydrogens (tertiary/aromatic N) is 1. The number of benzene rings is 3. The third-order valence-electron chi connectivity index (χ3n) is 8.45. The van der Waals surface area contributed by atoms with Crippen LogP contribution in [0.2, 0.25) is 0 Å². The average molecular weight is 669 g/mol. The van der Waals surface area contributed by atoms with Crippen LogP contribution in [0.25, 0.3) is 0 Å². The fourth-order valence-electron chi connectivity index (χ4n) is 5.95. The van der Waals surface area contributed by atoms with E-state index in [1.807, 2.05) is 0 Å². The molecule has 2 aliphatic rings. The minimum Gasteiger partial charge on any atom is -0.493 e. The second kappa shape index (κ2) is 13.5. The van der Waals surface area contributed by atoms with E-state index < -0.39 is 50.9 Å². The van der Waals surface area contributed by atoms with Gasteiger partial charge in [-0.15, -0.1) is 0 Å². The number of amides is 3. The zero-order chi connectivity index (χ0) is 34.0. The van der Waals surface area contributed by atoms with E-state index in [9.17, 15) is 22.8 Å². The molecule has 0 aromatic heterocycles. The lowest BCUT2D eigenvalue weighted by atomic mass is 10.00. The standard InChI is InChI=1S/C33H37FN4O8S/c1-18(2)47(42,43)27-13-10-21(36-33(41)46-5)16-22(27)24-7-6-14-38(24)32(40)30(19-9-12-25(44-3)26(15-19)45-4)37-23-11-8-20-17-35-31(39)28(20)29(23)34/h8-13,15-16,18,24,30,37H,6-7,14,17H2,1-5H3,(H,35,39)(H,36,41)/t24-,30-/m1/s1. The van der Waals surface area contributed by atoms with Gasteiger partial charge in [-0.3, -0.25) is 14.9 Å². The third-order valence-corrected chi connectivity index (χ3v) is 10.7. The number of fused-ring (bicyclic) bond motifs is 1. The SMILES string of the molecule is COC(=O)Nc1ccc(S(=O)(=O)C(C)C)c([C@H]2CCCN2C(=O)[C@H](Nc2ccc3c(c2F)C(=O)NC3)c2ccc(OC)c(OC)c2)c1. The number of likely N-dealkylation sites (tertiary alicyclic amines) is 1. The molecule has 0 bridgehead atoms. The van der Waals surface area contributed by atoms with E-state index in [-0.39, 0.29) is 29.2 Å². The Morgan fingerprint density at radius 1 is 1.02 bits per heavy atom. The molecule has 3 amide bonds. The highest BCUT2D eigenvalue weighted by atomic mass is 32.2. The molecule has 2 atom stereocenters. The molecule has 14 heteroatoms. The number of halogens is 1. The summed E-state index contributed by atoms with van der Waals surface area (Å²) in [7, 11) is 0.324. The summed E-state index contributed by atoms with van der Waals surface area (Å²) in [4.78, 5) is 40.7. The first-order chi connectivity index (χ1) is 22.4. The van der Waals surface area contributed by atoms with Gasteiger partial charge in [0.25, 0.3) is 5.91 Å². The molecule has 2 heterocycles. The predicted molar refractivity (Wildman–Crippen MR) is 172 cm³/mol. The Labute approximate surface area is 272 Å². The van der Waals surface area contributed by atoms with Gasteiger partial charge in [-0.05, 0) is 79.8 Å². The smallest absolute Gasteiger partial charge is 0.411 e. The molecule has 1 fully saturated rings. The van der Waals surface area contributed by atoms with Crippen molar-refractivity contribution in [3.8, 4) is 11.5 Å². The minimum absolute atomic E-state index is 0.0407. The van der Waals surface area contributed by atoms with Gasteiger partial charge in [0.1, 0.15) is 6.04 Å². The molecule has 2 aliphatic heterocycles. The van der Waals surface area contributed by atoms with Gasteiger partial charge in [-0.25, -0.2) is 17.6 Å². The number of methoxy groups -OCH3 is 3. The number of anilines is 2. The molecule has 0 radical (unpaired) electrons. The van der Waals surface area contributed by atoms with Gasteiger partial charge >= 0.3 is 6.09 Å². The largest absolute Gasteiger partial charge is 0.493 e. The Morgan fingerprint density at radius 2 is 1.77 bits per heavy atom. The van der Waals surface area contributed by atoms with Crippen LogP contribution in [0.15, 0.2) is 53.4 Å². The molecule has 5 rings (SSSR count). The highest BCUT2D eigenvalue weighted by molar-refractivity contribution is 7.92. The molecule has 3 aromatic carbocycles. The van der Waals surface area contributed by atoms with Crippen molar-refractivity contribution < 1.29 is 41.4 Å². The summed E-state index contributed by atoms with van der Waals surface area (Å²) < 4.78 is 58.4. The fraction of sp³-hybridized carbons (Fsp3) is 0.364. The van der Waals surface area contributed by atoms with Crippen LogP contribution in [-0.2, 0) is 25.9 Å². The lowest BCUT2D eigenvalue weighted by molar-refractivity contribution is -0.133. The summed E-state index contributed by atoms with van der Waals surface area (Å²) >= 11 is 0. The van der Waals surface area contributed by atoms with Crippen molar-refractivity contribution in [2.45, 2.75) is 55.5 Å². The highest BCUT2D eigenvalue weighted by Crippen LogP contribution is 2.41. The molecule has 0 spiro atoms. The predicted octanol–water partition coefficient (Wildman–Crippen LogP) is 4.96. The van der Waals surface area contributed by atoms with Crippen molar-refractivity contribution in [3.05, 3.63) is 76.6 Å². The molecule has 12 nitrogen and oxygen atoms in total. The summed E-state index contributed by atoms with van der Waals surface area (Å²) in [6.07, 6.45) is 0.246. The van der Waals surface area contributed by atoms with E-state index in [1.165, 1.54) is 39.5 Å². The van der Waals surface area contributed by atoms with Crippen LogP contribution in [0.3, 0.4) is 0 Å². The van der Waals surface area contributed by atoms with Crippen LogP contribution in [0.5, 0.6) is 11.5 Å². The number of ether oxygens (including phenoxy) is 3. The van der Waals surface area contributed by atoms with E-state index in [0.29, 0.717) is 46.7 Å². The van der Waals surface area contributed by atoms with Crippen LogP contribution in [0.1, 0.15) is 65.8 Å². The Morgan fingerprint density at radius 3 is 2.45 bits per heavy atom. The second-order valence-corrected chi connectivity index (χ2v) is 14.0. The van der Waals surface area contributed by atoms with Gasteiger partial charge in [0.2, 0.25) is 5.91 Å². The summed E-state index contributed by atoms with van der Waals surface area (Å²) in [5.41, 5.74) is 1.40. The van der Waals surface area contributed by atoms with E-state index in [2.05, 4.69) is 16.0 Å². The molecular weight excluding hydrogens is 631 g/mol. The van der Waals surface area contributed by atoms with Crippen LogP contribution in [0.4, 0.5) is 20.6 Å². The molecule has 0 unspecified atom stereocenters. The van der Waals surface area contributed by atoms with Crippen molar-refractivity contribution in [2.75, 3.05) is 38.5 Å². The first-order valence-electron chi connectivity index (χ1n) is 15.0. The van der Waals surface area contributed by atoms with Crippen molar-refractivity contribution in [1.29, 1.82) is 0 Å². The van der Waals surface area contributed by atoms with E-state index >= 15 is 4.39 Å². The molecule has 47 heavy (non-hydrogen) atoms. The van der Waals surface area contributed by atoms with Gasteiger partial charge in [0, 0.05) is 18.8 Å². The molecule has 0 saturated carbocycles. The van der Waals surface area contributed by atoms with E-state index in [0.717, 1.165) is 0 Å². The first kappa shape index (κ1) is 33.5. The van der Waals surface area contributed by atoms with Gasteiger partial charge in [0.15, 0.2) is 27.2 Å². The summed E-state index contributed by atoms with van der Waals surface area (Å²) in [5, 5.41) is 7.45. The zero-order valence-corrected chi connectivity index (χ0v) is 27.5. The third kappa shape index (κ3) is 6.42. The maximum absolute atomic E-state index is 15.8. The number of carbonyl (C=O) groups excluding carboxylic acids is 3.